The molecule has 0 spiro atoms. The Kier molecular flexibility index (Phi) is 4.52. The first-order valence-corrected chi connectivity index (χ1v) is 9.03. The van der Waals surface area contributed by atoms with E-state index in [1.54, 1.807) is 6.33 Å². The van der Waals surface area contributed by atoms with Crippen LogP contribution in [0.1, 0.15) is 40.5 Å². The highest BCUT2D eigenvalue weighted by atomic mass is 16.2. The maximum Gasteiger partial charge on any atom is 0.253 e. The highest BCUT2D eigenvalue weighted by Crippen LogP contribution is 2.28. The Labute approximate surface area is 153 Å². The fourth-order valence-corrected chi connectivity index (χ4v) is 3.56. The molecule has 0 N–H and O–H groups in total. The van der Waals surface area contributed by atoms with Crippen LogP contribution in [0.25, 0.3) is 5.69 Å². The van der Waals surface area contributed by atoms with Crippen molar-refractivity contribution in [3.8, 4) is 5.69 Å². The summed E-state index contributed by atoms with van der Waals surface area (Å²) >= 11 is 0. The van der Waals surface area contributed by atoms with E-state index in [1.165, 1.54) is 0 Å². The quantitative estimate of drug-likeness (QED) is 0.728. The number of carbonyl (C=O) groups excluding carboxylic acids is 1. The second-order valence-electron chi connectivity index (χ2n) is 6.85. The van der Waals surface area contributed by atoms with Crippen molar-refractivity contribution in [3.63, 3.8) is 0 Å². The van der Waals surface area contributed by atoms with Crippen molar-refractivity contribution in [1.29, 1.82) is 0 Å². The van der Waals surface area contributed by atoms with Crippen LogP contribution < -0.4 is 0 Å². The zero-order valence-electron chi connectivity index (χ0n) is 14.9. The number of aromatic nitrogens is 3. The molecule has 0 saturated carbocycles. The van der Waals surface area contributed by atoms with Crippen LogP contribution in [0.4, 0.5) is 0 Å². The van der Waals surface area contributed by atoms with Gasteiger partial charge in [0, 0.05) is 30.3 Å². The van der Waals surface area contributed by atoms with Crippen LogP contribution in [0.2, 0.25) is 0 Å². The van der Waals surface area contributed by atoms with Gasteiger partial charge < -0.3 is 4.90 Å². The van der Waals surface area contributed by atoms with Crippen LogP contribution >= 0.6 is 0 Å². The van der Waals surface area contributed by atoms with Gasteiger partial charge in [-0.3, -0.25) is 9.36 Å². The summed E-state index contributed by atoms with van der Waals surface area (Å²) in [6.07, 6.45) is 3.75. The van der Waals surface area contributed by atoms with E-state index >= 15 is 0 Å². The molecule has 0 radical (unpaired) electrons. The van der Waals surface area contributed by atoms with Crippen molar-refractivity contribution >= 4 is 5.91 Å². The number of para-hydroxylation sites is 1. The first kappa shape index (κ1) is 16.5. The molecule has 3 aromatic rings. The molecule has 5 heteroatoms. The Balaban J connectivity index is 1.55. The number of carbonyl (C=O) groups is 1. The minimum absolute atomic E-state index is 0.0977. The molecule has 132 valence electrons. The number of rotatable bonds is 3. The molecule has 1 saturated heterocycles. The average molecular weight is 346 g/mol. The van der Waals surface area contributed by atoms with Crippen molar-refractivity contribution in [2.24, 2.45) is 0 Å². The Bertz CT molecular complexity index is 886. The molecule has 2 aromatic carbocycles. The van der Waals surface area contributed by atoms with Crippen LogP contribution in [-0.4, -0.2) is 38.7 Å². The van der Waals surface area contributed by atoms with Gasteiger partial charge in [0.1, 0.15) is 12.2 Å². The summed E-state index contributed by atoms with van der Waals surface area (Å²) in [5, 5.41) is 8.49. The van der Waals surface area contributed by atoms with Crippen LogP contribution in [0.5, 0.6) is 0 Å². The van der Waals surface area contributed by atoms with E-state index in [0.29, 0.717) is 6.54 Å². The minimum atomic E-state index is 0.0977. The molecule has 1 aliphatic rings. The lowest BCUT2D eigenvalue weighted by Crippen LogP contribution is -2.39. The predicted molar refractivity (Wildman–Crippen MR) is 100 cm³/mol. The van der Waals surface area contributed by atoms with Gasteiger partial charge in [-0.05, 0) is 44.0 Å². The molecule has 1 fully saturated rings. The van der Waals surface area contributed by atoms with Gasteiger partial charge in [-0.15, -0.1) is 10.2 Å². The number of aryl methyl sites for hydroxylation is 1. The second kappa shape index (κ2) is 7.12. The summed E-state index contributed by atoms with van der Waals surface area (Å²) in [7, 11) is 0. The highest BCUT2D eigenvalue weighted by Gasteiger charge is 2.28. The third-order valence-electron chi connectivity index (χ3n) is 4.98. The zero-order valence-corrected chi connectivity index (χ0v) is 14.9. The summed E-state index contributed by atoms with van der Waals surface area (Å²) in [5.41, 5.74) is 2.96. The molecule has 2 heterocycles. The van der Waals surface area contributed by atoms with Crippen LogP contribution in [-0.2, 0) is 0 Å². The molecule has 1 unspecified atom stereocenters. The molecule has 1 aliphatic heterocycles. The normalized spacial score (nSPS) is 17.3. The molecule has 5 nitrogen and oxygen atoms in total. The lowest BCUT2D eigenvalue weighted by Gasteiger charge is -2.32. The molecule has 26 heavy (non-hydrogen) atoms. The van der Waals surface area contributed by atoms with Gasteiger partial charge in [0.05, 0.1) is 0 Å². The van der Waals surface area contributed by atoms with E-state index in [0.717, 1.165) is 42.0 Å². The minimum Gasteiger partial charge on any atom is -0.338 e. The average Bonchev–Trinajstić information content (AvgIpc) is 3.19. The molecule has 1 aromatic heterocycles. The highest BCUT2D eigenvalue weighted by molar-refractivity contribution is 5.94. The van der Waals surface area contributed by atoms with E-state index in [9.17, 15) is 4.79 Å². The summed E-state index contributed by atoms with van der Waals surface area (Å²) in [6, 6.07) is 17.9. The maximum absolute atomic E-state index is 12.9. The van der Waals surface area contributed by atoms with Crippen LogP contribution in [0.15, 0.2) is 60.9 Å². The number of amides is 1. The van der Waals surface area contributed by atoms with E-state index in [-0.39, 0.29) is 11.8 Å². The Morgan fingerprint density at radius 2 is 1.85 bits per heavy atom. The van der Waals surface area contributed by atoms with Gasteiger partial charge in [0.25, 0.3) is 5.91 Å². The Morgan fingerprint density at radius 3 is 2.62 bits per heavy atom. The monoisotopic (exact) mass is 346 g/mol. The summed E-state index contributed by atoms with van der Waals surface area (Å²) < 4.78 is 2.03. The van der Waals surface area contributed by atoms with Gasteiger partial charge >= 0.3 is 0 Å². The van der Waals surface area contributed by atoms with Crippen molar-refractivity contribution in [3.05, 3.63) is 77.9 Å². The molecular weight excluding hydrogens is 324 g/mol. The predicted octanol–water partition coefficient (Wildman–Crippen LogP) is 3.60. The Morgan fingerprint density at radius 1 is 1.08 bits per heavy atom. The third kappa shape index (κ3) is 3.25. The van der Waals surface area contributed by atoms with Gasteiger partial charge in [0.15, 0.2) is 0 Å². The molecule has 0 aliphatic carbocycles. The van der Waals surface area contributed by atoms with E-state index in [4.69, 9.17) is 0 Å². The summed E-state index contributed by atoms with van der Waals surface area (Å²) in [6.45, 7) is 3.50. The van der Waals surface area contributed by atoms with Crippen LogP contribution in [0, 0.1) is 6.92 Å². The van der Waals surface area contributed by atoms with E-state index in [1.807, 2.05) is 71.0 Å². The largest absolute Gasteiger partial charge is 0.338 e. The molecular formula is C21H22N4O. The lowest BCUT2D eigenvalue weighted by molar-refractivity contribution is 0.0704. The molecule has 4 rings (SSSR count). The maximum atomic E-state index is 12.9. The van der Waals surface area contributed by atoms with E-state index in [2.05, 4.69) is 10.2 Å². The molecule has 1 atom stereocenters. The van der Waals surface area contributed by atoms with Crippen molar-refractivity contribution < 1.29 is 4.79 Å². The standard InChI is InChI=1S/C21H22N4O/c1-16-9-11-17(12-10-16)21(26)24-13-5-6-18(14-24)20-23-22-15-25(20)19-7-3-2-4-8-19/h2-4,7-12,15,18H,5-6,13-14H2,1H3. The summed E-state index contributed by atoms with van der Waals surface area (Å²) in [4.78, 5) is 14.8. The van der Waals surface area contributed by atoms with E-state index < -0.39 is 0 Å². The van der Waals surface area contributed by atoms with Gasteiger partial charge in [-0.2, -0.15) is 0 Å². The summed E-state index contributed by atoms with van der Waals surface area (Å²) in [5.74, 6) is 1.22. The SMILES string of the molecule is Cc1ccc(C(=O)N2CCCC(c3nncn3-c3ccccc3)C2)cc1. The number of piperidine rings is 1. The van der Waals surface area contributed by atoms with Crippen molar-refractivity contribution in [2.45, 2.75) is 25.7 Å². The lowest BCUT2D eigenvalue weighted by atomic mass is 9.96. The fourth-order valence-electron chi connectivity index (χ4n) is 3.56. The number of likely N-dealkylation sites (tertiary alicyclic amines) is 1. The van der Waals surface area contributed by atoms with Gasteiger partial charge in [-0.1, -0.05) is 35.9 Å². The number of hydrogen-bond donors (Lipinski definition) is 0. The topological polar surface area (TPSA) is 51.0 Å². The molecule has 1 amide bonds. The van der Waals surface area contributed by atoms with Gasteiger partial charge in [-0.25, -0.2) is 0 Å². The van der Waals surface area contributed by atoms with Crippen LogP contribution in [0.3, 0.4) is 0 Å². The fraction of sp³-hybridized carbons (Fsp3) is 0.286. The first-order chi connectivity index (χ1) is 12.7. The first-order valence-electron chi connectivity index (χ1n) is 9.03. The second-order valence-corrected chi connectivity index (χ2v) is 6.85. The smallest absolute Gasteiger partial charge is 0.253 e. The zero-order chi connectivity index (χ0) is 17.9. The van der Waals surface area contributed by atoms with Crippen molar-refractivity contribution in [2.75, 3.05) is 13.1 Å². The van der Waals surface area contributed by atoms with Crippen molar-refractivity contribution in [1.82, 2.24) is 19.7 Å². The third-order valence-corrected chi connectivity index (χ3v) is 4.98. The Hall–Kier alpha value is -2.95. The number of benzene rings is 2. The number of hydrogen-bond acceptors (Lipinski definition) is 3. The van der Waals surface area contributed by atoms with Gasteiger partial charge in [0.2, 0.25) is 0 Å². The number of nitrogens with zero attached hydrogens (tertiary/aromatic N) is 4. The molecule has 0 bridgehead atoms.